The molecule has 1 saturated carbocycles. The molecule has 1 aliphatic rings. The molecule has 2 N–H and O–H groups in total. The SMILES string of the molecule is Cc1nc2cc(NC3CC(NC(=O)OCc4ccccc4)C3)ccc2o1. The molecule has 0 saturated heterocycles. The number of fused-ring (bicyclic) bond motifs is 1. The van der Waals surface area contributed by atoms with Gasteiger partial charge in [-0.1, -0.05) is 30.3 Å². The first-order valence-corrected chi connectivity index (χ1v) is 8.76. The van der Waals surface area contributed by atoms with Crippen molar-refractivity contribution < 1.29 is 13.9 Å². The molecule has 1 aromatic heterocycles. The highest BCUT2D eigenvalue weighted by Crippen LogP contribution is 2.26. The van der Waals surface area contributed by atoms with Crippen LogP contribution in [0.4, 0.5) is 10.5 Å². The minimum atomic E-state index is -0.364. The van der Waals surface area contributed by atoms with Gasteiger partial charge < -0.3 is 19.8 Å². The second kappa shape index (κ2) is 7.07. The molecule has 0 atom stereocenters. The number of carbonyl (C=O) groups is 1. The van der Waals surface area contributed by atoms with Crippen molar-refractivity contribution in [2.24, 2.45) is 0 Å². The molecule has 1 heterocycles. The Morgan fingerprint density at radius 3 is 2.81 bits per heavy atom. The summed E-state index contributed by atoms with van der Waals surface area (Å²) in [6.07, 6.45) is 1.38. The Balaban J connectivity index is 1.21. The predicted molar refractivity (Wildman–Crippen MR) is 98.9 cm³/mol. The number of aryl methyl sites for hydroxylation is 1. The number of amides is 1. The van der Waals surface area contributed by atoms with Crippen molar-refractivity contribution in [2.75, 3.05) is 5.32 Å². The topological polar surface area (TPSA) is 76.4 Å². The Kier molecular flexibility index (Phi) is 4.48. The lowest BCUT2D eigenvalue weighted by Gasteiger charge is -2.36. The molecule has 0 radical (unpaired) electrons. The molecule has 26 heavy (non-hydrogen) atoms. The molecule has 3 aromatic rings. The number of benzene rings is 2. The van der Waals surface area contributed by atoms with Crippen molar-refractivity contribution in [1.29, 1.82) is 0 Å². The van der Waals surface area contributed by atoms with Crippen molar-refractivity contribution in [1.82, 2.24) is 10.3 Å². The molecule has 1 amide bonds. The number of carbonyl (C=O) groups excluding carboxylic acids is 1. The van der Waals surface area contributed by atoms with Gasteiger partial charge in [0, 0.05) is 24.7 Å². The molecular weight excluding hydrogens is 330 g/mol. The average molecular weight is 351 g/mol. The summed E-state index contributed by atoms with van der Waals surface area (Å²) in [5.41, 5.74) is 3.64. The molecule has 0 aliphatic heterocycles. The molecule has 1 fully saturated rings. The maximum Gasteiger partial charge on any atom is 0.407 e. The van der Waals surface area contributed by atoms with E-state index in [1.165, 1.54) is 0 Å². The van der Waals surface area contributed by atoms with E-state index in [4.69, 9.17) is 9.15 Å². The molecule has 2 aromatic carbocycles. The van der Waals surface area contributed by atoms with Crippen LogP contribution in [0.5, 0.6) is 0 Å². The molecule has 0 bridgehead atoms. The number of hydrogen-bond acceptors (Lipinski definition) is 5. The second-order valence-electron chi connectivity index (χ2n) is 6.63. The summed E-state index contributed by atoms with van der Waals surface area (Å²) in [6, 6.07) is 16.0. The number of nitrogens with zero attached hydrogens (tertiary/aromatic N) is 1. The molecule has 0 spiro atoms. The maximum atomic E-state index is 11.9. The van der Waals surface area contributed by atoms with Gasteiger partial charge >= 0.3 is 6.09 Å². The standard InChI is InChI=1S/C20H21N3O3/c1-13-21-18-11-15(7-8-19(18)26-13)22-16-9-17(10-16)23-20(24)25-12-14-5-3-2-4-6-14/h2-8,11,16-17,22H,9-10,12H2,1H3,(H,23,24). The zero-order valence-electron chi connectivity index (χ0n) is 14.6. The van der Waals surface area contributed by atoms with Crippen LogP contribution in [0.25, 0.3) is 11.1 Å². The molecule has 4 rings (SSSR count). The summed E-state index contributed by atoms with van der Waals surface area (Å²) in [5.74, 6) is 0.666. The minimum absolute atomic E-state index is 0.147. The summed E-state index contributed by atoms with van der Waals surface area (Å²) in [7, 11) is 0. The van der Waals surface area contributed by atoms with Crippen molar-refractivity contribution in [3.8, 4) is 0 Å². The van der Waals surface area contributed by atoms with E-state index in [9.17, 15) is 4.79 Å². The number of ether oxygens (including phenoxy) is 1. The van der Waals surface area contributed by atoms with Gasteiger partial charge in [0.25, 0.3) is 0 Å². The first kappa shape index (κ1) is 16.4. The van der Waals surface area contributed by atoms with Gasteiger partial charge in [-0.2, -0.15) is 0 Å². The molecule has 0 unspecified atom stereocenters. The normalized spacial score (nSPS) is 19.0. The number of hydrogen-bond donors (Lipinski definition) is 2. The van der Waals surface area contributed by atoms with Crippen LogP contribution in [-0.2, 0) is 11.3 Å². The lowest BCUT2D eigenvalue weighted by molar-refractivity contribution is 0.129. The largest absolute Gasteiger partial charge is 0.445 e. The number of oxazole rings is 1. The van der Waals surface area contributed by atoms with Crippen LogP contribution in [-0.4, -0.2) is 23.2 Å². The first-order chi connectivity index (χ1) is 12.7. The molecule has 1 aliphatic carbocycles. The lowest BCUT2D eigenvalue weighted by Crippen LogP contribution is -2.49. The van der Waals surface area contributed by atoms with E-state index in [0.29, 0.717) is 11.9 Å². The summed E-state index contributed by atoms with van der Waals surface area (Å²) < 4.78 is 10.7. The van der Waals surface area contributed by atoms with Crippen molar-refractivity contribution in [3.05, 3.63) is 60.0 Å². The van der Waals surface area contributed by atoms with Gasteiger partial charge in [0.1, 0.15) is 12.1 Å². The fourth-order valence-electron chi connectivity index (χ4n) is 3.15. The maximum absolute atomic E-state index is 11.9. The van der Waals surface area contributed by atoms with E-state index in [1.54, 1.807) is 0 Å². The van der Waals surface area contributed by atoms with Gasteiger partial charge in [0.05, 0.1) is 0 Å². The molecule has 134 valence electrons. The van der Waals surface area contributed by atoms with E-state index in [1.807, 2.05) is 55.5 Å². The quantitative estimate of drug-likeness (QED) is 0.726. The Morgan fingerprint density at radius 2 is 2.00 bits per heavy atom. The van der Waals surface area contributed by atoms with Crippen LogP contribution >= 0.6 is 0 Å². The van der Waals surface area contributed by atoms with Gasteiger partial charge in [-0.15, -0.1) is 0 Å². The van der Waals surface area contributed by atoms with Gasteiger partial charge in [-0.3, -0.25) is 0 Å². The third kappa shape index (κ3) is 3.79. The fraction of sp³-hybridized carbons (Fsp3) is 0.300. The number of aromatic nitrogens is 1. The Labute approximate surface area is 151 Å². The van der Waals surface area contributed by atoms with Crippen LogP contribution < -0.4 is 10.6 Å². The van der Waals surface area contributed by atoms with Crippen LogP contribution in [0.3, 0.4) is 0 Å². The summed E-state index contributed by atoms with van der Waals surface area (Å²) >= 11 is 0. The van der Waals surface area contributed by atoms with E-state index in [2.05, 4.69) is 15.6 Å². The molecular formula is C20H21N3O3. The van der Waals surface area contributed by atoms with Crippen LogP contribution in [0, 0.1) is 6.92 Å². The number of nitrogens with one attached hydrogen (secondary N) is 2. The smallest absolute Gasteiger partial charge is 0.407 e. The highest BCUT2D eigenvalue weighted by molar-refractivity contribution is 5.77. The number of alkyl carbamates (subject to hydrolysis) is 1. The summed E-state index contributed by atoms with van der Waals surface area (Å²) in [4.78, 5) is 16.2. The third-order valence-corrected chi connectivity index (χ3v) is 4.54. The lowest BCUT2D eigenvalue weighted by atomic mass is 9.86. The Bertz CT molecular complexity index is 901. The van der Waals surface area contributed by atoms with Crippen molar-refractivity contribution in [3.63, 3.8) is 0 Å². The van der Waals surface area contributed by atoms with Crippen LogP contribution in [0.1, 0.15) is 24.3 Å². The van der Waals surface area contributed by atoms with E-state index >= 15 is 0 Å². The van der Waals surface area contributed by atoms with Gasteiger partial charge in [-0.05, 0) is 36.6 Å². The monoisotopic (exact) mass is 351 g/mol. The Morgan fingerprint density at radius 1 is 1.19 bits per heavy atom. The number of rotatable bonds is 5. The van der Waals surface area contributed by atoms with Gasteiger partial charge in [0.15, 0.2) is 11.5 Å². The summed E-state index contributed by atoms with van der Waals surface area (Å²) in [6.45, 7) is 2.13. The second-order valence-corrected chi connectivity index (χ2v) is 6.63. The molecule has 6 heteroatoms. The predicted octanol–water partition coefficient (Wildman–Crippen LogP) is 4.01. The highest BCUT2D eigenvalue weighted by atomic mass is 16.5. The summed E-state index contributed by atoms with van der Waals surface area (Å²) in [5, 5.41) is 6.37. The van der Waals surface area contributed by atoms with Crippen LogP contribution in [0.2, 0.25) is 0 Å². The first-order valence-electron chi connectivity index (χ1n) is 8.76. The minimum Gasteiger partial charge on any atom is -0.445 e. The highest BCUT2D eigenvalue weighted by Gasteiger charge is 2.30. The van der Waals surface area contributed by atoms with Crippen LogP contribution in [0.15, 0.2) is 52.9 Å². The fourth-order valence-corrected chi connectivity index (χ4v) is 3.15. The van der Waals surface area contributed by atoms with E-state index in [0.717, 1.165) is 35.2 Å². The zero-order chi connectivity index (χ0) is 17.9. The van der Waals surface area contributed by atoms with Gasteiger partial charge in [0.2, 0.25) is 0 Å². The van der Waals surface area contributed by atoms with Gasteiger partial charge in [-0.25, -0.2) is 9.78 Å². The van der Waals surface area contributed by atoms with Crippen molar-refractivity contribution in [2.45, 2.75) is 38.5 Å². The van der Waals surface area contributed by atoms with Crippen molar-refractivity contribution >= 4 is 22.9 Å². The Hall–Kier alpha value is -3.02. The number of anilines is 1. The third-order valence-electron chi connectivity index (χ3n) is 4.54. The van der Waals surface area contributed by atoms with E-state index in [-0.39, 0.29) is 18.7 Å². The molecule has 6 nitrogen and oxygen atoms in total. The zero-order valence-corrected chi connectivity index (χ0v) is 14.6. The van der Waals surface area contributed by atoms with E-state index < -0.39 is 0 Å². The average Bonchev–Trinajstić information content (AvgIpc) is 2.98.